The van der Waals surface area contributed by atoms with Crippen LogP contribution in [-0.4, -0.2) is 4.98 Å². The second-order valence-corrected chi connectivity index (χ2v) is 12.2. The van der Waals surface area contributed by atoms with Crippen molar-refractivity contribution in [1.82, 2.24) is 4.98 Å². The predicted octanol–water partition coefficient (Wildman–Crippen LogP) is 11.9. The monoisotopic (exact) mass is 582 g/mol. The van der Waals surface area contributed by atoms with Crippen molar-refractivity contribution in [2.75, 3.05) is 4.90 Å². The first-order valence-corrected chi connectivity index (χ1v) is 15.4. The van der Waals surface area contributed by atoms with E-state index in [1.165, 1.54) is 25.6 Å². The number of furan rings is 2. The van der Waals surface area contributed by atoms with Gasteiger partial charge in [-0.25, -0.2) is 0 Å². The van der Waals surface area contributed by atoms with Crippen LogP contribution in [0, 0.1) is 0 Å². The maximum absolute atomic E-state index is 6.20. The maximum atomic E-state index is 6.20. The van der Waals surface area contributed by atoms with Gasteiger partial charge in [-0.1, -0.05) is 72.8 Å². The summed E-state index contributed by atoms with van der Waals surface area (Å²) in [5.74, 6) is 0. The van der Waals surface area contributed by atoms with E-state index in [-0.39, 0.29) is 0 Å². The number of benzene rings is 6. The summed E-state index contributed by atoms with van der Waals surface area (Å²) >= 11 is 1.83. The molecule has 0 spiro atoms. The summed E-state index contributed by atoms with van der Waals surface area (Å²) in [6.45, 7) is 0. The molecule has 0 radical (unpaired) electrons. The van der Waals surface area contributed by atoms with Crippen LogP contribution in [0.25, 0.3) is 74.8 Å². The number of nitrogens with zero attached hydrogens (tertiary/aromatic N) is 2. The fraction of sp³-hybridized carbons (Fsp3) is 0. The predicted molar refractivity (Wildman–Crippen MR) is 184 cm³/mol. The number of hydrogen-bond donors (Lipinski definition) is 0. The third-order valence-electron chi connectivity index (χ3n) is 8.73. The lowest BCUT2D eigenvalue weighted by Gasteiger charge is -2.25. The molecular formula is C39H22N2O2S. The number of fused-ring (bicyclic) bond motifs is 11. The SMILES string of the molecule is c1ccc2c(c1)ccc1c3cncc(N(c4ccc5oc6ccccc6c5c4)c4ccc5oc6ccccc6c5c4)c3sc21. The van der Waals surface area contributed by atoms with Crippen molar-refractivity contribution in [1.29, 1.82) is 0 Å². The number of hydrogen-bond acceptors (Lipinski definition) is 5. The molecule has 10 aromatic rings. The van der Waals surface area contributed by atoms with Crippen LogP contribution < -0.4 is 4.90 Å². The molecule has 0 atom stereocenters. The average molecular weight is 583 g/mol. The van der Waals surface area contributed by atoms with Gasteiger partial charge in [0.15, 0.2) is 0 Å². The molecule has 6 aromatic carbocycles. The molecule has 0 fully saturated rings. The minimum Gasteiger partial charge on any atom is -0.456 e. The zero-order chi connectivity index (χ0) is 28.8. The number of rotatable bonds is 3. The second-order valence-electron chi connectivity index (χ2n) is 11.2. The van der Waals surface area contributed by atoms with Gasteiger partial charge in [-0.2, -0.15) is 0 Å². The number of aromatic nitrogens is 1. The van der Waals surface area contributed by atoms with E-state index in [0.717, 1.165) is 66.3 Å². The van der Waals surface area contributed by atoms with Gasteiger partial charge in [0, 0.05) is 54.6 Å². The molecule has 0 amide bonds. The van der Waals surface area contributed by atoms with Gasteiger partial charge in [0.2, 0.25) is 0 Å². The van der Waals surface area contributed by atoms with Gasteiger partial charge in [-0.15, -0.1) is 11.3 Å². The molecule has 0 bridgehead atoms. The highest BCUT2D eigenvalue weighted by molar-refractivity contribution is 7.27. The average Bonchev–Trinajstić information content (AvgIpc) is 3.76. The Morgan fingerprint density at radius 1 is 0.455 bits per heavy atom. The number of anilines is 3. The van der Waals surface area contributed by atoms with Crippen LogP contribution in [0.3, 0.4) is 0 Å². The Morgan fingerprint density at radius 2 is 1.05 bits per heavy atom. The fourth-order valence-electron chi connectivity index (χ4n) is 6.70. The largest absolute Gasteiger partial charge is 0.456 e. The van der Waals surface area contributed by atoms with Crippen LogP contribution in [0.4, 0.5) is 17.1 Å². The van der Waals surface area contributed by atoms with Crippen LogP contribution in [0.1, 0.15) is 0 Å². The summed E-state index contributed by atoms with van der Waals surface area (Å²) in [5, 5.41) is 9.26. The molecule has 0 N–H and O–H groups in total. The van der Waals surface area contributed by atoms with Crippen molar-refractivity contribution < 1.29 is 8.83 Å². The third kappa shape index (κ3) is 3.36. The van der Waals surface area contributed by atoms with Crippen LogP contribution in [0.5, 0.6) is 0 Å². The first-order chi connectivity index (χ1) is 21.8. The molecule has 206 valence electrons. The van der Waals surface area contributed by atoms with Crippen LogP contribution in [0.2, 0.25) is 0 Å². The maximum Gasteiger partial charge on any atom is 0.135 e. The lowest BCUT2D eigenvalue weighted by Crippen LogP contribution is -2.10. The topological polar surface area (TPSA) is 42.4 Å². The van der Waals surface area contributed by atoms with Gasteiger partial charge in [-0.3, -0.25) is 4.98 Å². The Hall–Kier alpha value is -5.65. The van der Waals surface area contributed by atoms with E-state index in [0.29, 0.717) is 0 Å². The van der Waals surface area contributed by atoms with Crippen LogP contribution in [-0.2, 0) is 0 Å². The Balaban J connectivity index is 1.29. The normalized spacial score (nSPS) is 12.1. The Morgan fingerprint density at radius 3 is 1.73 bits per heavy atom. The summed E-state index contributed by atoms with van der Waals surface area (Å²) in [6, 6.07) is 42.4. The van der Waals surface area contributed by atoms with E-state index < -0.39 is 0 Å². The van der Waals surface area contributed by atoms with Crippen molar-refractivity contribution in [3.8, 4) is 0 Å². The van der Waals surface area contributed by atoms with Gasteiger partial charge < -0.3 is 13.7 Å². The van der Waals surface area contributed by atoms with Crippen molar-refractivity contribution in [3.05, 3.63) is 134 Å². The van der Waals surface area contributed by atoms with E-state index in [1.807, 2.05) is 48.0 Å². The summed E-state index contributed by atoms with van der Waals surface area (Å²) < 4.78 is 14.9. The molecule has 0 saturated carbocycles. The van der Waals surface area contributed by atoms with Crippen molar-refractivity contribution in [3.63, 3.8) is 0 Å². The minimum absolute atomic E-state index is 0.871. The summed E-state index contributed by atoms with van der Waals surface area (Å²) in [7, 11) is 0. The van der Waals surface area contributed by atoms with Crippen LogP contribution >= 0.6 is 11.3 Å². The van der Waals surface area contributed by atoms with Crippen molar-refractivity contribution in [2.45, 2.75) is 0 Å². The summed E-state index contributed by atoms with van der Waals surface area (Å²) in [6.07, 6.45) is 4.00. The van der Waals surface area contributed by atoms with Gasteiger partial charge >= 0.3 is 0 Å². The molecule has 0 aliphatic heterocycles. The van der Waals surface area contributed by atoms with Gasteiger partial charge in [0.05, 0.1) is 16.6 Å². The van der Waals surface area contributed by atoms with Crippen LogP contribution in [0.15, 0.2) is 143 Å². The molecule has 4 heterocycles. The third-order valence-corrected chi connectivity index (χ3v) is 10.0. The van der Waals surface area contributed by atoms with E-state index in [1.54, 1.807) is 0 Å². The molecule has 4 aromatic heterocycles. The van der Waals surface area contributed by atoms with E-state index in [4.69, 9.17) is 13.8 Å². The second kappa shape index (κ2) is 8.93. The molecule has 5 heteroatoms. The van der Waals surface area contributed by atoms with Gasteiger partial charge in [0.25, 0.3) is 0 Å². The van der Waals surface area contributed by atoms with Crippen molar-refractivity contribution >= 4 is 103 Å². The molecular weight excluding hydrogens is 561 g/mol. The summed E-state index contributed by atoms with van der Waals surface area (Å²) in [4.78, 5) is 7.15. The first kappa shape index (κ1) is 23.9. The fourth-order valence-corrected chi connectivity index (χ4v) is 8.01. The van der Waals surface area contributed by atoms with E-state index >= 15 is 0 Å². The lowest BCUT2D eigenvalue weighted by molar-refractivity contribution is 0.668. The molecule has 0 aliphatic carbocycles. The van der Waals surface area contributed by atoms with E-state index in [9.17, 15) is 0 Å². The minimum atomic E-state index is 0.871. The molecule has 0 saturated heterocycles. The van der Waals surface area contributed by atoms with Crippen molar-refractivity contribution in [2.24, 2.45) is 0 Å². The number of pyridine rings is 1. The Kier molecular flexibility index (Phi) is 4.84. The molecule has 0 aliphatic rings. The summed E-state index contributed by atoms with van der Waals surface area (Å²) in [5.41, 5.74) is 6.62. The Bertz CT molecular complexity index is 2640. The highest BCUT2D eigenvalue weighted by Gasteiger charge is 2.21. The zero-order valence-electron chi connectivity index (χ0n) is 23.3. The molecule has 0 unspecified atom stereocenters. The number of thiophene rings is 1. The smallest absolute Gasteiger partial charge is 0.135 e. The number of para-hydroxylation sites is 2. The zero-order valence-corrected chi connectivity index (χ0v) is 24.1. The van der Waals surface area contributed by atoms with E-state index in [2.05, 4.69) is 102 Å². The highest BCUT2D eigenvalue weighted by atomic mass is 32.1. The van der Waals surface area contributed by atoms with Gasteiger partial charge in [-0.05, 0) is 59.3 Å². The molecule has 44 heavy (non-hydrogen) atoms. The standard InChI is InChI=1S/C39H22N2O2S/c1-2-8-26-23(7-1)13-16-29-32-21-40-22-33(39(32)44-38(26)29)41(24-14-17-36-30(19-24)27-9-3-5-11-34(27)42-36)25-15-18-37-31(20-25)28-10-4-6-12-35(28)43-37/h1-22H. The lowest BCUT2D eigenvalue weighted by atomic mass is 10.1. The quantitative estimate of drug-likeness (QED) is 0.208. The Labute approximate surface area is 255 Å². The van der Waals surface area contributed by atoms with Gasteiger partial charge in [0.1, 0.15) is 22.3 Å². The highest BCUT2D eigenvalue weighted by Crippen LogP contribution is 2.47. The first-order valence-electron chi connectivity index (χ1n) is 14.6. The molecule has 10 rings (SSSR count). The molecule has 4 nitrogen and oxygen atoms in total.